The number of nitriles is 1. The fourth-order valence-electron chi connectivity index (χ4n) is 6.01. The minimum absolute atomic E-state index is 0.653. The molecule has 0 aliphatic rings. The van der Waals surface area contributed by atoms with E-state index >= 15 is 0 Å². The molecule has 0 amide bonds. The van der Waals surface area contributed by atoms with Crippen LogP contribution >= 0.6 is 11.3 Å². The number of nitrogens with zero attached hydrogens (tertiary/aromatic N) is 2. The van der Waals surface area contributed by atoms with E-state index in [9.17, 15) is 5.26 Å². The van der Waals surface area contributed by atoms with Gasteiger partial charge in [0.1, 0.15) is 0 Å². The van der Waals surface area contributed by atoms with Crippen LogP contribution < -0.4 is 0 Å². The Morgan fingerprint density at radius 3 is 1.90 bits per heavy atom. The first-order valence-electron chi connectivity index (χ1n) is 13.3. The summed E-state index contributed by atoms with van der Waals surface area (Å²) in [5, 5.41) is 15.0. The van der Waals surface area contributed by atoms with Crippen molar-refractivity contribution < 1.29 is 0 Å². The number of hydrogen-bond acceptors (Lipinski definition) is 2. The van der Waals surface area contributed by atoms with Gasteiger partial charge >= 0.3 is 0 Å². The summed E-state index contributed by atoms with van der Waals surface area (Å²) in [6.45, 7) is 0. The predicted molar refractivity (Wildman–Crippen MR) is 169 cm³/mol. The second-order valence-corrected chi connectivity index (χ2v) is 11.2. The lowest BCUT2D eigenvalue weighted by Gasteiger charge is -2.15. The van der Waals surface area contributed by atoms with Crippen molar-refractivity contribution in [2.75, 3.05) is 0 Å². The van der Waals surface area contributed by atoms with Gasteiger partial charge in [-0.15, -0.1) is 11.3 Å². The molecule has 0 spiro atoms. The first kappa shape index (κ1) is 22.8. The summed E-state index contributed by atoms with van der Waals surface area (Å²) in [6, 6.07) is 49.5. The van der Waals surface area contributed by atoms with E-state index in [-0.39, 0.29) is 0 Å². The number of rotatable bonds is 3. The van der Waals surface area contributed by atoms with Crippen LogP contribution in [0.3, 0.4) is 0 Å². The molecule has 0 unspecified atom stereocenters. The molecule has 2 heterocycles. The summed E-state index contributed by atoms with van der Waals surface area (Å²) in [5.74, 6) is 0. The molecular weight excluding hydrogens is 504 g/mol. The summed E-state index contributed by atoms with van der Waals surface area (Å²) in [7, 11) is 0. The maximum atomic E-state index is 10.0. The van der Waals surface area contributed by atoms with Crippen LogP contribution in [0.15, 0.2) is 133 Å². The molecule has 0 aliphatic carbocycles. The summed E-state index contributed by atoms with van der Waals surface area (Å²) in [4.78, 5) is 0. The molecule has 0 bridgehead atoms. The normalized spacial score (nSPS) is 11.5. The van der Waals surface area contributed by atoms with Crippen LogP contribution in [0.5, 0.6) is 0 Å². The van der Waals surface area contributed by atoms with Crippen molar-refractivity contribution in [3.05, 3.63) is 139 Å². The third kappa shape index (κ3) is 3.48. The highest BCUT2D eigenvalue weighted by Gasteiger charge is 2.16. The van der Waals surface area contributed by atoms with Crippen LogP contribution in [0.1, 0.15) is 5.56 Å². The van der Waals surface area contributed by atoms with E-state index in [0.717, 1.165) is 27.9 Å². The van der Waals surface area contributed by atoms with Gasteiger partial charge < -0.3 is 4.57 Å². The maximum absolute atomic E-state index is 10.0. The Bertz CT molecular complexity index is 2240. The van der Waals surface area contributed by atoms with E-state index < -0.39 is 0 Å². The third-order valence-corrected chi connectivity index (χ3v) is 8.96. The molecule has 0 N–H and O–H groups in total. The van der Waals surface area contributed by atoms with Gasteiger partial charge in [0, 0.05) is 36.5 Å². The Labute approximate surface area is 235 Å². The van der Waals surface area contributed by atoms with Crippen molar-refractivity contribution in [2.45, 2.75) is 0 Å². The monoisotopic (exact) mass is 526 g/mol. The zero-order valence-corrected chi connectivity index (χ0v) is 22.3. The van der Waals surface area contributed by atoms with Crippen molar-refractivity contribution in [1.82, 2.24) is 4.57 Å². The lowest BCUT2D eigenvalue weighted by molar-refractivity contribution is 1.18. The molecular formula is C37H22N2S. The number of fused-ring (bicyclic) bond motifs is 6. The fourth-order valence-corrected chi connectivity index (χ4v) is 7.10. The Morgan fingerprint density at radius 2 is 1.12 bits per heavy atom. The Hall–Kier alpha value is -5.17. The smallest absolute Gasteiger partial charge is 0.0992 e. The van der Waals surface area contributed by atoms with Gasteiger partial charge in [-0.05, 0) is 71.3 Å². The van der Waals surface area contributed by atoms with E-state index in [4.69, 9.17) is 0 Å². The lowest BCUT2D eigenvalue weighted by atomic mass is 9.94. The van der Waals surface area contributed by atoms with Crippen molar-refractivity contribution in [1.29, 1.82) is 5.26 Å². The van der Waals surface area contributed by atoms with Gasteiger partial charge in [0.05, 0.1) is 28.4 Å². The van der Waals surface area contributed by atoms with Crippen LogP contribution in [0, 0.1) is 11.3 Å². The zero-order valence-electron chi connectivity index (χ0n) is 21.5. The van der Waals surface area contributed by atoms with Gasteiger partial charge in [0.2, 0.25) is 0 Å². The summed E-state index contributed by atoms with van der Waals surface area (Å²) in [6.07, 6.45) is 0. The number of aromatic nitrogens is 1. The van der Waals surface area contributed by atoms with Gasteiger partial charge in [0.15, 0.2) is 0 Å². The van der Waals surface area contributed by atoms with Crippen LogP contribution in [0.2, 0.25) is 0 Å². The van der Waals surface area contributed by atoms with Crippen molar-refractivity contribution >= 4 is 53.3 Å². The molecule has 0 fully saturated rings. The second-order valence-electron chi connectivity index (χ2n) is 10.1. The average Bonchev–Trinajstić information content (AvgIpc) is 3.56. The van der Waals surface area contributed by atoms with E-state index in [0.29, 0.717) is 5.56 Å². The van der Waals surface area contributed by atoms with E-state index in [1.807, 2.05) is 23.5 Å². The highest BCUT2D eigenvalue weighted by molar-refractivity contribution is 7.25. The van der Waals surface area contributed by atoms with Crippen LogP contribution in [0.4, 0.5) is 0 Å². The molecule has 0 radical (unpaired) electrons. The number of benzene rings is 6. The highest BCUT2D eigenvalue weighted by Crippen LogP contribution is 2.39. The molecule has 8 aromatic rings. The Balaban J connectivity index is 1.36. The maximum Gasteiger partial charge on any atom is 0.0992 e. The fraction of sp³-hybridized carbons (Fsp3) is 0. The first-order valence-corrected chi connectivity index (χ1v) is 14.1. The summed E-state index contributed by atoms with van der Waals surface area (Å²) >= 11 is 1.82. The molecule has 6 aromatic carbocycles. The molecule has 0 saturated carbocycles. The molecule has 2 aromatic heterocycles. The SMILES string of the molecule is N#Cc1cc(-c2ccc3sc4ccccc4c3c2)cc(-c2ccccc2-n2c3ccccc3c3ccccc32)c1. The number of para-hydroxylation sites is 3. The predicted octanol–water partition coefficient (Wildman–Crippen LogP) is 10.4. The minimum Gasteiger partial charge on any atom is -0.309 e. The minimum atomic E-state index is 0.653. The van der Waals surface area contributed by atoms with E-state index in [2.05, 4.69) is 132 Å². The van der Waals surface area contributed by atoms with Gasteiger partial charge in [0.25, 0.3) is 0 Å². The zero-order chi connectivity index (χ0) is 26.6. The Kier molecular flexibility index (Phi) is 5.10. The standard InChI is InChI=1S/C37H22N2S/c38-23-24-19-26(25-17-18-37-32(22-25)31-12-4-8-16-36(31)40-37)21-27(20-24)28-9-1-5-13-33(28)39-34-14-6-2-10-29(34)30-11-3-7-15-35(30)39/h1-22H. The molecule has 0 saturated heterocycles. The summed E-state index contributed by atoms with van der Waals surface area (Å²) < 4.78 is 4.92. The van der Waals surface area contributed by atoms with Crippen molar-refractivity contribution in [2.24, 2.45) is 0 Å². The largest absolute Gasteiger partial charge is 0.309 e. The number of hydrogen-bond donors (Lipinski definition) is 0. The topological polar surface area (TPSA) is 28.7 Å². The van der Waals surface area contributed by atoms with Crippen LogP contribution in [0.25, 0.3) is 69.9 Å². The van der Waals surface area contributed by atoms with Gasteiger partial charge in [-0.2, -0.15) is 5.26 Å². The Morgan fingerprint density at radius 1 is 0.500 bits per heavy atom. The number of thiophene rings is 1. The van der Waals surface area contributed by atoms with Crippen molar-refractivity contribution in [3.8, 4) is 34.0 Å². The molecule has 8 rings (SSSR count). The lowest BCUT2D eigenvalue weighted by Crippen LogP contribution is -1.97. The van der Waals surface area contributed by atoms with Crippen LogP contribution in [-0.2, 0) is 0 Å². The second kappa shape index (κ2) is 8.95. The molecule has 40 heavy (non-hydrogen) atoms. The first-order chi connectivity index (χ1) is 19.8. The molecule has 0 atom stereocenters. The molecule has 3 heteroatoms. The third-order valence-electron chi connectivity index (χ3n) is 7.81. The molecule has 2 nitrogen and oxygen atoms in total. The van der Waals surface area contributed by atoms with Gasteiger partial charge in [-0.3, -0.25) is 0 Å². The summed E-state index contributed by atoms with van der Waals surface area (Å²) in [5.41, 5.74) is 8.37. The highest BCUT2D eigenvalue weighted by atomic mass is 32.1. The molecule has 186 valence electrons. The van der Waals surface area contributed by atoms with E-state index in [1.165, 1.54) is 42.0 Å². The van der Waals surface area contributed by atoms with Gasteiger partial charge in [-0.1, -0.05) is 78.9 Å². The van der Waals surface area contributed by atoms with E-state index in [1.54, 1.807) is 0 Å². The molecule has 0 aliphatic heterocycles. The quantitative estimate of drug-likeness (QED) is 0.225. The van der Waals surface area contributed by atoms with Gasteiger partial charge in [-0.25, -0.2) is 0 Å². The average molecular weight is 527 g/mol. The van der Waals surface area contributed by atoms with Crippen molar-refractivity contribution in [3.63, 3.8) is 0 Å². The van der Waals surface area contributed by atoms with Crippen LogP contribution in [-0.4, -0.2) is 4.57 Å².